The number of nitrogens with zero attached hydrogens (tertiary/aromatic N) is 2. The average Bonchev–Trinajstić information content (AvgIpc) is 3.46. The van der Waals surface area contributed by atoms with E-state index in [1.807, 2.05) is 37.4 Å². The lowest BCUT2D eigenvalue weighted by molar-refractivity contribution is -0.127. The number of carbonyl (C=O) groups excluding carboxylic acids is 3. The van der Waals surface area contributed by atoms with E-state index in [1.54, 1.807) is 36.6 Å². The average molecular weight is 473 g/mol. The molecular formula is C27H25FN4O3. The Balaban J connectivity index is 1.35. The fraction of sp³-hybridized carbons (Fsp3) is 0.222. The number of halogens is 1. The number of benzene rings is 2. The molecule has 0 radical (unpaired) electrons. The molecule has 3 amide bonds. The minimum absolute atomic E-state index is 0.326. The summed E-state index contributed by atoms with van der Waals surface area (Å²) in [6, 6.07) is 13.0. The fourth-order valence-electron chi connectivity index (χ4n) is 4.78. The van der Waals surface area contributed by atoms with Gasteiger partial charge in [0.15, 0.2) is 5.78 Å². The zero-order valence-electron chi connectivity index (χ0n) is 19.7. The number of H-pyrrole nitrogens is 1. The number of aryl methyl sites for hydroxylation is 2. The van der Waals surface area contributed by atoms with Crippen LogP contribution in [0.1, 0.15) is 32.9 Å². The summed E-state index contributed by atoms with van der Waals surface area (Å²) in [6.07, 6.45) is 2.16. The summed E-state index contributed by atoms with van der Waals surface area (Å²) < 4.78 is 15.9. The Morgan fingerprint density at radius 2 is 1.83 bits per heavy atom. The van der Waals surface area contributed by atoms with E-state index >= 15 is 0 Å². The van der Waals surface area contributed by atoms with Crippen LogP contribution >= 0.6 is 0 Å². The van der Waals surface area contributed by atoms with Gasteiger partial charge in [-0.05, 0) is 56.2 Å². The normalized spacial score (nSPS) is 15.8. The summed E-state index contributed by atoms with van der Waals surface area (Å²) in [4.78, 5) is 42.9. The quantitative estimate of drug-likeness (QED) is 0.323. The van der Waals surface area contributed by atoms with Crippen molar-refractivity contribution in [2.45, 2.75) is 33.2 Å². The van der Waals surface area contributed by atoms with Crippen molar-refractivity contribution in [1.82, 2.24) is 19.8 Å². The Labute approximate surface area is 201 Å². The molecule has 3 heterocycles. The Bertz CT molecular complexity index is 1500. The molecule has 8 heteroatoms. The van der Waals surface area contributed by atoms with Crippen molar-refractivity contribution in [3.63, 3.8) is 0 Å². The smallest absolute Gasteiger partial charge is 0.325 e. The molecule has 2 N–H and O–H groups in total. The molecule has 178 valence electrons. The Kier molecular flexibility index (Phi) is 5.51. The van der Waals surface area contributed by atoms with Gasteiger partial charge in [-0.3, -0.25) is 14.5 Å². The summed E-state index contributed by atoms with van der Waals surface area (Å²) in [5, 5.41) is 3.70. The standard InChI is InChI=1S/C27H25FN4O3/c1-15-8-9-19(12-22(15)28)32-16(2)10-21(17(32)3)25(33)14-31-26(34)24(30-27(31)35)11-18-13-29-23-7-5-4-6-20(18)23/h4-10,12-13,24,29H,11,14H2,1-3H3,(H,30,35). The number of rotatable bonds is 6. The molecule has 1 fully saturated rings. The predicted octanol–water partition coefficient (Wildman–Crippen LogP) is 4.37. The highest BCUT2D eigenvalue weighted by Crippen LogP contribution is 2.24. The number of carbonyl (C=O) groups is 3. The maximum absolute atomic E-state index is 14.1. The van der Waals surface area contributed by atoms with Crippen molar-refractivity contribution in [1.29, 1.82) is 0 Å². The highest BCUT2D eigenvalue weighted by Gasteiger charge is 2.39. The van der Waals surface area contributed by atoms with Crippen LogP contribution in [0.25, 0.3) is 16.6 Å². The first-order valence-electron chi connectivity index (χ1n) is 11.4. The Morgan fingerprint density at radius 1 is 1.06 bits per heavy atom. The number of urea groups is 1. The number of nitrogens with one attached hydrogen (secondary N) is 2. The molecule has 1 unspecified atom stereocenters. The zero-order valence-corrected chi connectivity index (χ0v) is 19.7. The molecule has 1 atom stereocenters. The Morgan fingerprint density at radius 3 is 2.60 bits per heavy atom. The first-order valence-corrected chi connectivity index (χ1v) is 11.4. The first kappa shape index (κ1) is 22.6. The summed E-state index contributed by atoms with van der Waals surface area (Å²) in [7, 11) is 0. The fourth-order valence-corrected chi connectivity index (χ4v) is 4.78. The molecule has 5 rings (SSSR count). The van der Waals surface area contributed by atoms with Crippen molar-refractivity contribution in [2.24, 2.45) is 0 Å². The van der Waals surface area contributed by atoms with E-state index in [0.29, 0.717) is 28.9 Å². The number of ketones is 1. The number of fused-ring (bicyclic) bond motifs is 1. The molecule has 1 aliphatic heterocycles. The van der Waals surface area contributed by atoms with Crippen LogP contribution in [-0.2, 0) is 11.2 Å². The second-order valence-corrected chi connectivity index (χ2v) is 8.97. The van der Waals surface area contributed by atoms with E-state index in [-0.39, 0.29) is 18.1 Å². The maximum Gasteiger partial charge on any atom is 0.325 e. The lowest BCUT2D eigenvalue weighted by Gasteiger charge is -2.13. The third-order valence-electron chi connectivity index (χ3n) is 6.65. The van der Waals surface area contributed by atoms with Gasteiger partial charge in [0.25, 0.3) is 5.91 Å². The highest BCUT2D eigenvalue weighted by atomic mass is 19.1. The van der Waals surface area contributed by atoms with Crippen molar-refractivity contribution in [2.75, 3.05) is 6.54 Å². The van der Waals surface area contributed by atoms with Gasteiger partial charge >= 0.3 is 6.03 Å². The number of aromatic nitrogens is 2. The number of hydrogen-bond donors (Lipinski definition) is 2. The molecular weight excluding hydrogens is 447 g/mol. The van der Waals surface area contributed by atoms with Crippen LogP contribution in [0, 0.1) is 26.6 Å². The largest absolute Gasteiger partial charge is 0.361 e. The molecule has 2 aromatic heterocycles. The third kappa shape index (κ3) is 3.90. The Hall–Kier alpha value is -4.20. The van der Waals surface area contributed by atoms with E-state index in [1.165, 1.54) is 6.07 Å². The van der Waals surface area contributed by atoms with E-state index < -0.39 is 18.0 Å². The number of Topliss-reactive ketones (excluding diaryl/α,β-unsaturated/α-hetero) is 1. The van der Waals surface area contributed by atoms with Crippen molar-refractivity contribution in [3.8, 4) is 5.69 Å². The summed E-state index contributed by atoms with van der Waals surface area (Å²) >= 11 is 0. The van der Waals surface area contributed by atoms with E-state index in [0.717, 1.165) is 27.1 Å². The van der Waals surface area contributed by atoms with E-state index in [2.05, 4.69) is 10.3 Å². The van der Waals surface area contributed by atoms with Gasteiger partial charge in [0, 0.05) is 46.2 Å². The van der Waals surface area contributed by atoms with Gasteiger partial charge in [-0.2, -0.15) is 0 Å². The van der Waals surface area contributed by atoms with Crippen LogP contribution in [0.2, 0.25) is 0 Å². The van der Waals surface area contributed by atoms with Crippen molar-refractivity contribution < 1.29 is 18.8 Å². The number of amides is 3. The lowest BCUT2D eigenvalue weighted by Crippen LogP contribution is -2.36. The summed E-state index contributed by atoms with van der Waals surface area (Å²) in [5.74, 6) is -1.11. The monoisotopic (exact) mass is 472 g/mol. The summed E-state index contributed by atoms with van der Waals surface area (Å²) in [5.41, 5.74) is 4.78. The van der Waals surface area contributed by atoms with Gasteiger partial charge < -0.3 is 14.9 Å². The topological polar surface area (TPSA) is 87.2 Å². The van der Waals surface area contributed by atoms with Crippen LogP contribution < -0.4 is 5.32 Å². The second kappa shape index (κ2) is 8.54. The van der Waals surface area contributed by atoms with Crippen LogP contribution in [0.3, 0.4) is 0 Å². The minimum Gasteiger partial charge on any atom is -0.361 e. The molecule has 0 saturated carbocycles. The molecule has 2 aromatic carbocycles. The van der Waals surface area contributed by atoms with Crippen molar-refractivity contribution >= 4 is 28.6 Å². The van der Waals surface area contributed by atoms with Gasteiger partial charge in [0.1, 0.15) is 11.9 Å². The molecule has 0 spiro atoms. The molecule has 0 bridgehead atoms. The van der Waals surface area contributed by atoms with E-state index in [4.69, 9.17) is 0 Å². The third-order valence-corrected chi connectivity index (χ3v) is 6.65. The van der Waals surface area contributed by atoms with Crippen LogP contribution in [0.15, 0.2) is 54.7 Å². The van der Waals surface area contributed by atoms with Crippen LogP contribution in [0.4, 0.5) is 9.18 Å². The van der Waals surface area contributed by atoms with E-state index in [9.17, 15) is 18.8 Å². The number of hydrogen-bond acceptors (Lipinski definition) is 3. The molecule has 1 aliphatic rings. The molecule has 7 nitrogen and oxygen atoms in total. The predicted molar refractivity (Wildman–Crippen MR) is 130 cm³/mol. The molecule has 35 heavy (non-hydrogen) atoms. The number of para-hydroxylation sites is 1. The van der Waals surface area contributed by atoms with Crippen molar-refractivity contribution in [3.05, 3.63) is 88.6 Å². The van der Waals surface area contributed by atoms with Gasteiger partial charge in [0.2, 0.25) is 0 Å². The van der Waals surface area contributed by atoms with Gasteiger partial charge in [-0.15, -0.1) is 0 Å². The molecule has 4 aromatic rings. The molecule has 0 aliphatic carbocycles. The highest BCUT2D eigenvalue weighted by molar-refractivity contribution is 6.09. The zero-order chi connectivity index (χ0) is 24.9. The van der Waals surface area contributed by atoms with Gasteiger partial charge in [-0.25, -0.2) is 9.18 Å². The minimum atomic E-state index is -0.738. The molecule has 1 saturated heterocycles. The number of imide groups is 1. The number of aromatic amines is 1. The van der Waals surface area contributed by atoms with Gasteiger partial charge in [0.05, 0.1) is 6.54 Å². The van der Waals surface area contributed by atoms with Crippen LogP contribution in [0.5, 0.6) is 0 Å². The van der Waals surface area contributed by atoms with Crippen LogP contribution in [-0.4, -0.2) is 44.8 Å². The SMILES string of the molecule is Cc1ccc(-n2c(C)cc(C(=O)CN3C(=O)NC(Cc4c[nH]c5ccccc45)C3=O)c2C)cc1F. The lowest BCUT2D eigenvalue weighted by atomic mass is 10.0. The first-order chi connectivity index (χ1) is 16.7. The van der Waals surface area contributed by atoms with Gasteiger partial charge in [-0.1, -0.05) is 24.3 Å². The second-order valence-electron chi connectivity index (χ2n) is 8.97. The maximum atomic E-state index is 14.1. The summed E-state index contributed by atoms with van der Waals surface area (Å²) in [6.45, 7) is 4.92.